The van der Waals surface area contributed by atoms with E-state index in [2.05, 4.69) is 66.7 Å². The summed E-state index contributed by atoms with van der Waals surface area (Å²) >= 11 is 0. The fraction of sp³-hybridized carbons (Fsp3) is 0.314. The van der Waals surface area contributed by atoms with Crippen molar-refractivity contribution in [3.63, 3.8) is 0 Å². The molecule has 1 aliphatic carbocycles. The molecular weight excluding hydrogens is 484 g/mol. The monoisotopic (exact) mass is 516 g/mol. The lowest BCUT2D eigenvalue weighted by Gasteiger charge is -2.53. The molecule has 0 saturated carbocycles. The average Bonchev–Trinajstić information content (AvgIpc) is 3.45. The van der Waals surface area contributed by atoms with Crippen LogP contribution in [0, 0.1) is 0 Å². The van der Waals surface area contributed by atoms with Crippen molar-refractivity contribution < 1.29 is 18.9 Å². The van der Waals surface area contributed by atoms with Crippen LogP contribution >= 0.6 is 0 Å². The molecule has 5 atom stereocenters. The van der Waals surface area contributed by atoms with Crippen molar-refractivity contribution in [2.24, 2.45) is 0 Å². The fourth-order valence-corrected chi connectivity index (χ4v) is 7.39. The van der Waals surface area contributed by atoms with Gasteiger partial charge in [0, 0.05) is 12.3 Å². The van der Waals surface area contributed by atoms with E-state index in [0.29, 0.717) is 0 Å². The highest BCUT2D eigenvalue weighted by atomic mass is 16.6. The number of aryl methyl sites for hydroxylation is 2. The molecule has 3 heterocycles. The van der Waals surface area contributed by atoms with Gasteiger partial charge in [0.1, 0.15) is 23.7 Å². The van der Waals surface area contributed by atoms with Crippen molar-refractivity contribution in [2.45, 2.75) is 68.4 Å². The van der Waals surface area contributed by atoms with Crippen LogP contribution < -0.4 is 18.9 Å². The first kappa shape index (κ1) is 23.0. The topological polar surface area (TPSA) is 36.9 Å². The average molecular weight is 517 g/mol. The van der Waals surface area contributed by atoms with E-state index >= 15 is 0 Å². The van der Waals surface area contributed by atoms with Gasteiger partial charge in [-0.15, -0.1) is 0 Å². The number of rotatable bonds is 3. The van der Waals surface area contributed by atoms with Crippen molar-refractivity contribution in [1.82, 2.24) is 0 Å². The lowest BCUT2D eigenvalue weighted by atomic mass is 9.69. The van der Waals surface area contributed by atoms with Gasteiger partial charge in [0.15, 0.2) is 17.6 Å². The summed E-state index contributed by atoms with van der Waals surface area (Å²) < 4.78 is 28.2. The summed E-state index contributed by atoms with van der Waals surface area (Å²) in [5.41, 5.74) is 4.39. The molecule has 0 bridgehead atoms. The van der Waals surface area contributed by atoms with Gasteiger partial charge in [-0.2, -0.15) is 0 Å². The molecule has 8 rings (SSSR count). The van der Waals surface area contributed by atoms with Gasteiger partial charge in [-0.1, -0.05) is 72.8 Å². The van der Waals surface area contributed by atoms with Gasteiger partial charge in [0.2, 0.25) is 5.60 Å². The predicted molar refractivity (Wildman–Crippen MR) is 150 cm³/mol. The molecule has 4 aromatic rings. The lowest BCUT2D eigenvalue weighted by molar-refractivity contribution is -0.184. The Kier molecular flexibility index (Phi) is 5.36. The summed E-state index contributed by atoms with van der Waals surface area (Å²) in [4.78, 5) is 0. The Bertz CT molecular complexity index is 1500. The zero-order valence-electron chi connectivity index (χ0n) is 21.9. The highest BCUT2D eigenvalue weighted by Crippen LogP contribution is 2.52. The molecule has 0 amide bonds. The molecule has 0 radical (unpaired) electrons. The van der Waals surface area contributed by atoms with Crippen molar-refractivity contribution >= 4 is 0 Å². The molecule has 196 valence electrons. The van der Waals surface area contributed by atoms with E-state index < -0.39 is 5.60 Å². The zero-order valence-corrected chi connectivity index (χ0v) is 21.9. The second-order valence-corrected chi connectivity index (χ2v) is 11.3. The number of hydrogen-bond donors (Lipinski definition) is 0. The van der Waals surface area contributed by atoms with Crippen LogP contribution in [0.2, 0.25) is 0 Å². The highest BCUT2D eigenvalue weighted by Gasteiger charge is 2.64. The Labute approximate surface area is 229 Å². The van der Waals surface area contributed by atoms with E-state index in [1.165, 1.54) is 22.3 Å². The summed E-state index contributed by atoms with van der Waals surface area (Å²) in [5.74, 6) is 3.60. The SMILES string of the molecule is c1ccc2c(c1)CCC(C1(C3Cc4ccccc4O3)Oc3ccccc3OC1C1CCCc3ccccc31)O2. The minimum absolute atomic E-state index is 0.163. The second kappa shape index (κ2) is 9.08. The first-order valence-corrected chi connectivity index (χ1v) is 14.3. The number of hydrogen-bond acceptors (Lipinski definition) is 4. The largest absolute Gasteiger partial charge is 0.486 e. The summed E-state index contributed by atoms with van der Waals surface area (Å²) in [7, 11) is 0. The molecule has 3 aliphatic heterocycles. The van der Waals surface area contributed by atoms with Crippen LogP contribution in [0.15, 0.2) is 97.1 Å². The molecule has 0 fully saturated rings. The smallest absolute Gasteiger partial charge is 0.219 e. The van der Waals surface area contributed by atoms with Crippen LogP contribution in [0.4, 0.5) is 0 Å². The third-order valence-electron chi connectivity index (χ3n) is 9.19. The molecule has 0 spiro atoms. The van der Waals surface area contributed by atoms with Crippen LogP contribution in [-0.2, 0) is 19.3 Å². The second-order valence-electron chi connectivity index (χ2n) is 11.3. The summed E-state index contributed by atoms with van der Waals surface area (Å²) in [6.07, 6.45) is 5.03. The standard InChI is InChI=1S/C35H32O4/c1-4-14-26-23(10-1)13-9-15-27(26)34-35(39-31-19-8-7-18-30(31)38-34,33-22-25-12-3-6-17-29(25)37-33)32-21-20-24-11-2-5-16-28(24)36-32/h1-8,10-12,14,16-19,27,32-34H,9,13,15,20-22H2. The first-order chi connectivity index (χ1) is 19.3. The Morgan fingerprint density at radius 1 is 0.538 bits per heavy atom. The van der Waals surface area contributed by atoms with Gasteiger partial charge in [0.05, 0.1) is 0 Å². The molecule has 39 heavy (non-hydrogen) atoms. The maximum Gasteiger partial charge on any atom is 0.219 e. The number of fused-ring (bicyclic) bond motifs is 4. The van der Waals surface area contributed by atoms with Crippen molar-refractivity contribution in [2.75, 3.05) is 0 Å². The summed E-state index contributed by atoms with van der Waals surface area (Å²) in [6.45, 7) is 0. The number of para-hydroxylation sites is 4. The molecule has 0 N–H and O–H groups in total. The van der Waals surface area contributed by atoms with E-state index in [9.17, 15) is 0 Å². The highest BCUT2D eigenvalue weighted by molar-refractivity contribution is 5.47. The normalized spacial score (nSPS) is 28.3. The number of benzene rings is 4. The molecular formula is C35H32O4. The minimum Gasteiger partial charge on any atom is -0.486 e. The van der Waals surface area contributed by atoms with Gasteiger partial charge in [-0.25, -0.2) is 0 Å². The Morgan fingerprint density at radius 3 is 2.00 bits per heavy atom. The van der Waals surface area contributed by atoms with E-state index in [1.54, 1.807) is 0 Å². The summed E-state index contributed by atoms with van der Waals surface area (Å²) in [5, 5.41) is 0. The van der Waals surface area contributed by atoms with Gasteiger partial charge in [-0.3, -0.25) is 0 Å². The maximum atomic E-state index is 7.30. The molecule has 4 aliphatic rings. The van der Waals surface area contributed by atoms with Crippen LogP contribution in [0.25, 0.3) is 0 Å². The van der Waals surface area contributed by atoms with Crippen LogP contribution in [0.3, 0.4) is 0 Å². The Morgan fingerprint density at radius 2 is 1.18 bits per heavy atom. The van der Waals surface area contributed by atoms with Gasteiger partial charge in [0.25, 0.3) is 0 Å². The molecule has 5 unspecified atom stereocenters. The van der Waals surface area contributed by atoms with Gasteiger partial charge < -0.3 is 18.9 Å². The minimum atomic E-state index is -0.851. The van der Waals surface area contributed by atoms with Crippen LogP contribution in [-0.4, -0.2) is 23.9 Å². The summed E-state index contributed by atoms with van der Waals surface area (Å²) in [6, 6.07) is 33.7. The molecule has 4 heteroatoms. The van der Waals surface area contributed by atoms with E-state index in [1.807, 2.05) is 30.3 Å². The Hall–Kier alpha value is -3.92. The van der Waals surface area contributed by atoms with E-state index in [0.717, 1.165) is 61.5 Å². The molecule has 4 nitrogen and oxygen atoms in total. The van der Waals surface area contributed by atoms with E-state index in [4.69, 9.17) is 18.9 Å². The quantitative estimate of drug-likeness (QED) is 0.292. The third kappa shape index (κ3) is 3.65. The molecule has 0 aromatic heterocycles. The van der Waals surface area contributed by atoms with Crippen LogP contribution in [0.1, 0.15) is 47.4 Å². The third-order valence-corrected chi connectivity index (χ3v) is 9.19. The van der Waals surface area contributed by atoms with Gasteiger partial charge in [-0.05, 0) is 78.6 Å². The van der Waals surface area contributed by atoms with Crippen molar-refractivity contribution in [3.05, 3.63) is 119 Å². The fourth-order valence-electron chi connectivity index (χ4n) is 7.39. The first-order valence-electron chi connectivity index (χ1n) is 14.3. The zero-order chi connectivity index (χ0) is 25.8. The van der Waals surface area contributed by atoms with Gasteiger partial charge >= 0.3 is 0 Å². The van der Waals surface area contributed by atoms with Crippen LogP contribution in [0.5, 0.6) is 23.0 Å². The molecule has 0 saturated heterocycles. The van der Waals surface area contributed by atoms with Crippen molar-refractivity contribution in [3.8, 4) is 23.0 Å². The van der Waals surface area contributed by atoms with E-state index in [-0.39, 0.29) is 24.2 Å². The Balaban J connectivity index is 1.31. The predicted octanol–water partition coefficient (Wildman–Crippen LogP) is 7.08. The maximum absolute atomic E-state index is 7.30. The van der Waals surface area contributed by atoms with Crippen molar-refractivity contribution in [1.29, 1.82) is 0 Å². The lowest BCUT2D eigenvalue weighted by Crippen LogP contribution is -2.71. The number of ether oxygens (including phenoxy) is 4. The molecule has 4 aromatic carbocycles.